The van der Waals surface area contributed by atoms with Crippen LogP contribution in [-0.4, -0.2) is 63.0 Å². The first kappa shape index (κ1) is 20.0. The standard InChI is InChI=1S/C24H35N5O/c1-17-14-22-25-18(2)21(19(3)29(22)26-17)6-7-23(30)28-12-8-24(9-13-28)15-20(24)16-27-10-4-5-11-27/h14,20H,4-13,15-16H2,1-3H3/t20-/m0/s1. The molecule has 6 heteroatoms. The van der Waals surface area contributed by atoms with Gasteiger partial charge < -0.3 is 9.80 Å². The van der Waals surface area contributed by atoms with Gasteiger partial charge >= 0.3 is 0 Å². The third-order valence-electron chi connectivity index (χ3n) is 8.02. The van der Waals surface area contributed by atoms with Gasteiger partial charge in [0.25, 0.3) is 0 Å². The number of aromatic nitrogens is 3. The van der Waals surface area contributed by atoms with Crippen molar-refractivity contribution in [2.24, 2.45) is 11.3 Å². The van der Waals surface area contributed by atoms with Crippen molar-refractivity contribution < 1.29 is 4.79 Å². The molecule has 2 saturated heterocycles. The predicted octanol–water partition coefficient (Wildman–Crippen LogP) is 3.31. The average Bonchev–Trinajstić information content (AvgIpc) is 3.06. The zero-order valence-electron chi connectivity index (χ0n) is 18.8. The van der Waals surface area contributed by atoms with Crippen LogP contribution >= 0.6 is 0 Å². The van der Waals surface area contributed by atoms with E-state index in [0.717, 1.165) is 48.2 Å². The van der Waals surface area contributed by atoms with Crippen LogP contribution in [0.15, 0.2) is 6.07 Å². The van der Waals surface area contributed by atoms with E-state index in [2.05, 4.69) is 21.8 Å². The molecule has 0 unspecified atom stereocenters. The van der Waals surface area contributed by atoms with Crippen molar-refractivity contribution in [3.8, 4) is 0 Å². The van der Waals surface area contributed by atoms with Gasteiger partial charge in [0.05, 0.1) is 5.69 Å². The second-order valence-electron chi connectivity index (χ2n) is 9.97. The van der Waals surface area contributed by atoms with Crippen molar-refractivity contribution in [2.75, 3.05) is 32.7 Å². The Morgan fingerprint density at radius 3 is 2.60 bits per heavy atom. The van der Waals surface area contributed by atoms with Crippen LogP contribution in [0.1, 0.15) is 61.2 Å². The number of likely N-dealkylation sites (tertiary alicyclic amines) is 2. The largest absolute Gasteiger partial charge is 0.343 e. The van der Waals surface area contributed by atoms with E-state index in [1.165, 1.54) is 57.3 Å². The molecule has 0 bridgehead atoms. The molecule has 1 spiro atoms. The normalized spacial score (nSPS) is 23.6. The molecule has 0 radical (unpaired) electrons. The Labute approximate surface area is 179 Å². The van der Waals surface area contributed by atoms with Crippen LogP contribution in [0.2, 0.25) is 0 Å². The average molecular weight is 410 g/mol. The van der Waals surface area contributed by atoms with Crippen molar-refractivity contribution >= 4 is 11.6 Å². The number of piperidine rings is 1. The SMILES string of the molecule is Cc1cc2nc(C)c(CCC(=O)N3CCC4(CC3)C[C@H]4CN3CCCC3)c(C)n2n1. The number of hydrogen-bond acceptors (Lipinski definition) is 4. The van der Waals surface area contributed by atoms with Gasteiger partial charge in [0, 0.05) is 43.5 Å². The van der Waals surface area contributed by atoms with Gasteiger partial charge in [-0.3, -0.25) is 4.79 Å². The van der Waals surface area contributed by atoms with Crippen molar-refractivity contribution in [1.82, 2.24) is 24.4 Å². The Balaban J connectivity index is 1.15. The Hall–Kier alpha value is -1.95. The number of nitrogens with zero attached hydrogens (tertiary/aromatic N) is 5. The molecule has 1 atom stereocenters. The number of aryl methyl sites for hydroxylation is 3. The van der Waals surface area contributed by atoms with Crippen molar-refractivity contribution in [3.63, 3.8) is 0 Å². The van der Waals surface area contributed by atoms with Crippen LogP contribution in [0.4, 0.5) is 0 Å². The van der Waals surface area contributed by atoms with Gasteiger partial charge in [-0.2, -0.15) is 5.10 Å². The number of fused-ring (bicyclic) bond motifs is 1. The molecule has 1 amide bonds. The van der Waals surface area contributed by atoms with E-state index in [1.54, 1.807) is 0 Å². The topological polar surface area (TPSA) is 53.7 Å². The number of amides is 1. The third kappa shape index (κ3) is 3.64. The summed E-state index contributed by atoms with van der Waals surface area (Å²) >= 11 is 0. The van der Waals surface area contributed by atoms with Crippen molar-refractivity contribution in [2.45, 2.75) is 65.7 Å². The minimum Gasteiger partial charge on any atom is -0.343 e. The van der Waals surface area contributed by atoms with Crippen molar-refractivity contribution in [3.05, 3.63) is 28.7 Å². The molecule has 3 aliphatic rings. The maximum absolute atomic E-state index is 12.9. The quantitative estimate of drug-likeness (QED) is 0.760. The maximum Gasteiger partial charge on any atom is 0.222 e. The van der Waals surface area contributed by atoms with Gasteiger partial charge in [0.2, 0.25) is 5.91 Å². The van der Waals surface area contributed by atoms with Crippen LogP contribution in [0.3, 0.4) is 0 Å². The minimum atomic E-state index is 0.303. The van der Waals surface area contributed by atoms with Gasteiger partial charge in [-0.25, -0.2) is 9.50 Å². The fourth-order valence-electron chi connectivity index (χ4n) is 5.97. The summed E-state index contributed by atoms with van der Waals surface area (Å²) in [4.78, 5) is 22.4. The molecule has 30 heavy (non-hydrogen) atoms. The molecule has 162 valence electrons. The highest BCUT2D eigenvalue weighted by Gasteiger charge is 2.55. The van der Waals surface area contributed by atoms with E-state index >= 15 is 0 Å². The summed E-state index contributed by atoms with van der Waals surface area (Å²) in [5.74, 6) is 1.19. The lowest BCUT2D eigenvalue weighted by Gasteiger charge is -2.33. The molecule has 3 fully saturated rings. The summed E-state index contributed by atoms with van der Waals surface area (Å²) < 4.78 is 1.92. The second kappa shape index (κ2) is 7.63. The summed E-state index contributed by atoms with van der Waals surface area (Å²) in [6.45, 7) is 11.9. The maximum atomic E-state index is 12.9. The molecular formula is C24H35N5O. The first-order chi connectivity index (χ1) is 14.4. The van der Waals surface area contributed by atoms with Gasteiger partial charge in [-0.05, 0) is 89.3 Å². The summed E-state index contributed by atoms with van der Waals surface area (Å²) in [7, 11) is 0. The number of hydrogen-bond donors (Lipinski definition) is 0. The monoisotopic (exact) mass is 409 g/mol. The Morgan fingerprint density at radius 1 is 1.13 bits per heavy atom. The van der Waals surface area contributed by atoms with E-state index in [9.17, 15) is 4.79 Å². The van der Waals surface area contributed by atoms with E-state index < -0.39 is 0 Å². The van der Waals surface area contributed by atoms with Gasteiger partial charge in [0.1, 0.15) is 0 Å². The lowest BCUT2D eigenvalue weighted by molar-refractivity contribution is -0.132. The zero-order chi connectivity index (χ0) is 20.9. The predicted molar refractivity (Wildman–Crippen MR) is 118 cm³/mol. The zero-order valence-corrected chi connectivity index (χ0v) is 18.8. The van der Waals surface area contributed by atoms with Gasteiger partial charge in [-0.1, -0.05) is 0 Å². The third-order valence-corrected chi connectivity index (χ3v) is 8.02. The summed E-state index contributed by atoms with van der Waals surface area (Å²) in [6, 6.07) is 2.01. The second-order valence-corrected chi connectivity index (χ2v) is 9.97. The lowest BCUT2D eigenvalue weighted by Crippen LogP contribution is -2.40. The summed E-state index contributed by atoms with van der Waals surface area (Å²) in [5, 5.41) is 4.55. The molecule has 2 aromatic rings. The minimum absolute atomic E-state index is 0.303. The highest BCUT2D eigenvalue weighted by atomic mass is 16.2. The Bertz CT molecular complexity index is 950. The molecule has 0 N–H and O–H groups in total. The van der Waals surface area contributed by atoms with E-state index in [0.29, 0.717) is 17.7 Å². The molecule has 1 aliphatic carbocycles. The van der Waals surface area contributed by atoms with Crippen LogP contribution in [0.25, 0.3) is 5.65 Å². The molecular weight excluding hydrogens is 374 g/mol. The molecule has 2 aliphatic heterocycles. The number of rotatable bonds is 5. The van der Waals surface area contributed by atoms with E-state index in [-0.39, 0.29) is 0 Å². The first-order valence-corrected chi connectivity index (χ1v) is 11.8. The first-order valence-electron chi connectivity index (χ1n) is 11.8. The molecule has 4 heterocycles. The fourth-order valence-corrected chi connectivity index (χ4v) is 5.97. The van der Waals surface area contributed by atoms with E-state index in [4.69, 9.17) is 4.98 Å². The lowest BCUT2D eigenvalue weighted by atomic mass is 9.90. The molecule has 0 aromatic carbocycles. The van der Waals surface area contributed by atoms with Crippen LogP contribution in [-0.2, 0) is 11.2 Å². The summed E-state index contributed by atoms with van der Waals surface area (Å²) in [5.41, 5.74) is 5.72. The van der Waals surface area contributed by atoms with Crippen LogP contribution < -0.4 is 0 Å². The van der Waals surface area contributed by atoms with Crippen molar-refractivity contribution in [1.29, 1.82) is 0 Å². The highest BCUT2D eigenvalue weighted by molar-refractivity contribution is 5.76. The number of carbonyl (C=O) groups excluding carboxylic acids is 1. The highest BCUT2D eigenvalue weighted by Crippen LogP contribution is 2.59. The molecule has 5 rings (SSSR count). The van der Waals surface area contributed by atoms with Gasteiger partial charge in [-0.15, -0.1) is 0 Å². The van der Waals surface area contributed by atoms with Crippen LogP contribution in [0.5, 0.6) is 0 Å². The molecule has 6 nitrogen and oxygen atoms in total. The fraction of sp³-hybridized carbons (Fsp3) is 0.708. The molecule has 1 saturated carbocycles. The Kier molecular flexibility index (Phi) is 5.08. The smallest absolute Gasteiger partial charge is 0.222 e. The van der Waals surface area contributed by atoms with E-state index in [1.807, 2.05) is 24.4 Å². The van der Waals surface area contributed by atoms with Crippen LogP contribution in [0, 0.1) is 32.1 Å². The Morgan fingerprint density at radius 2 is 1.87 bits per heavy atom. The summed E-state index contributed by atoms with van der Waals surface area (Å²) in [6.07, 6.45) is 7.87. The van der Waals surface area contributed by atoms with Gasteiger partial charge in [0.15, 0.2) is 5.65 Å². The molecule has 2 aromatic heterocycles. The number of carbonyl (C=O) groups is 1.